The summed E-state index contributed by atoms with van der Waals surface area (Å²) in [6.45, 7) is 0. The van der Waals surface area contributed by atoms with Gasteiger partial charge in [-0.2, -0.15) is 0 Å². The van der Waals surface area contributed by atoms with Gasteiger partial charge in [-0.15, -0.1) is 0 Å². The number of rotatable bonds is 0. The molecule has 0 amide bonds. The summed E-state index contributed by atoms with van der Waals surface area (Å²) in [4.78, 5) is 1.96. The van der Waals surface area contributed by atoms with E-state index in [9.17, 15) is 0 Å². The molecule has 2 heteroatoms. The molecule has 2 nitrogen and oxygen atoms in total. The smallest absolute Gasteiger partial charge is 0.0560 e. The van der Waals surface area contributed by atoms with E-state index < -0.39 is 0 Å². The fraction of sp³-hybridized carbons (Fsp3) is 0.143. The molecule has 1 aliphatic heterocycles. The van der Waals surface area contributed by atoms with Gasteiger partial charge in [-0.1, -0.05) is 6.08 Å². The number of nitrogens with two attached hydrogens (primary N) is 1. The van der Waals surface area contributed by atoms with E-state index in [0.717, 1.165) is 5.70 Å². The normalized spacial score (nSPS) is 21.4. The molecule has 0 saturated carbocycles. The summed E-state index contributed by atoms with van der Waals surface area (Å²) >= 11 is 0. The molecule has 9 heavy (non-hydrogen) atoms. The molecule has 0 unspecified atom stereocenters. The van der Waals surface area contributed by atoms with Crippen LogP contribution in [-0.2, 0) is 0 Å². The molecule has 1 aliphatic rings. The lowest BCUT2D eigenvalue weighted by Crippen LogP contribution is -2.11. The molecule has 0 radical (unpaired) electrons. The lowest BCUT2D eigenvalue weighted by Gasteiger charge is -2.16. The Hall–Kier alpha value is -1.18. The second-order valence-corrected chi connectivity index (χ2v) is 1.90. The maximum absolute atomic E-state index is 5.30. The van der Waals surface area contributed by atoms with E-state index in [1.807, 2.05) is 36.4 Å². The first-order valence-corrected chi connectivity index (χ1v) is 2.84. The van der Waals surface area contributed by atoms with E-state index >= 15 is 0 Å². The third-order valence-corrected chi connectivity index (χ3v) is 1.27. The standard InChI is InChI=1S/C7H10N2/c1-9-5-3-2-4-7(9)6-8/h2-6H,8H2,1H3/b7-6-. The second kappa shape index (κ2) is 2.40. The minimum atomic E-state index is 1.03. The van der Waals surface area contributed by atoms with Crippen molar-refractivity contribution in [3.8, 4) is 0 Å². The van der Waals surface area contributed by atoms with Gasteiger partial charge in [0, 0.05) is 19.4 Å². The van der Waals surface area contributed by atoms with Crippen LogP contribution >= 0.6 is 0 Å². The summed E-state index contributed by atoms with van der Waals surface area (Å²) in [7, 11) is 1.96. The largest absolute Gasteiger partial charge is 0.403 e. The first kappa shape index (κ1) is 5.95. The zero-order chi connectivity index (χ0) is 6.69. The van der Waals surface area contributed by atoms with Crippen molar-refractivity contribution < 1.29 is 0 Å². The van der Waals surface area contributed by atoms with Crippen LogP contribution in [0.4, 0.5) is 0 Å². The maximum atomic E-state index is 5.30. The maximum Gasteiger partial charge on any atom is 0.0560 e. The molecule has 0 fully saturated rings. The summed E-state index contributed by atoms with van der Waals surface area (Å²) in [5.74, 6) is 0. The van der Waals surface area contributed by atoms with E-state index in [1.54, 1.807) is 6.20 Å². The van der Waals surface area contributed by atoms with Gasteiger partial charge < -0.3 is 10.6 Å². The van der Waals surface area contributed by atoms with Gasteiger partial charge in [-0.05, 0) is 12.2 Å². The summed E-state index contributed by atoms with van der Waals surface area (Å²) in [6.07, 6.45) is 9.42. The van der Waals surface area contributed by atoms with E-state index in [1.165, 1.54) is 0 Å². The third-order valence-electron chi connectivity index (χ3n) is 1.27. The van der Waals surface area contributed by atoms with E-state index in [4.69, 9.17) is 5.73 Å². The molecule has 0 spiro atoms. The van der Waals surface area contributed by atoms with Crippen LogP contribution in [0.2, 0.25) is 0 Å². The van der Waals surface area contributed by atoms with Gasteiger partial charge in [-0.3, -0.25) is 0 Å². The molecule has 0 saturated heterocycles. The molecule has 0 atom stereocenters. The van der Waals surface area contributed by atoms with Crippen LogP contribution in [0.3, 0.4) is 0 Å². The molecule has 0 aliphatic carbocycles. The van der Waals surface area contributed by atoms with Crippen molar-refractivity contribution in [2.45, 2.75) is 0 Å². The quantitative estimate of drug-likeness (QED) is 0.515. The van der Waals surface area contributed by atoms with Crippen molar-refractivity contribution in [1.82, 2.24) is 4.90 Å². The molecule has 48 valence electrons. The lowest BCUT2D eigenvalue weighted by atomic mass is 10.3. The van der Waals surface area contributed by atoms with Crippen molar-refractivity contribution >= 4 is 0 Å². The Balaban J connectivity index is 2.78. The van der Waals surface area contributed by atoms with Crippen molar-refractivity contribution in [3.05, 3.63) is 36.3 Å². The highest BCUT2D eigenvalue weighted by atomic mass is 15.1. The Morgan fingerprint density at radius 1 is 1.56 bits per heavy atom. The van der Waals surface area contributed by atoms with Crippen LogP contribution in [0, 0.1) is 0 Å². The fourth-order valence-corrected chi connectivity index (χ4v) is 0.710. The summed E-state index contributed by atoms with van der Waals surface area (Å²) in [5.41, 5.74) is 6.33. The Bertz CT molecular complexity index is 177. The number of hydrogen-bond donors (Lipinski definition) is 1. The van der Waals surface area contributed by atoms with Crippen molar-refractivity contribution in [2.24, 2.45) is 5.73 Å². The van der Waals surface area contributed by atoms with Crippen LogP contribution in [-0.4, -0.2) is 11.9 Å². The molecule has 2 N–H and O–H groups in total. The van der Waals surface area contributed by atoms with Crippen molar-refractivity contribution in [2.75, 3.05) is 7.05 Å². The van der Waals surface area contributed by atoms with Gasteiger partial charge in [0.25, 0.3) is 0 Å². The van der Waals surface area contributed by atoms with Crippen molar-refractivity contribution in [3.63, 3.8) is 0 Å². The number of likely N-dealkylation sites (N-methyl/N-ethyl adjacent to an activating group) is 1. The van der Waals surface area contributed by atoms with Gasteiger partial charge in [0.15, 0.2) is 0 Å². The van der Waals surface area contributed by atoms with Crippen molar-refractivity contribution in [1.29, 1.82) is 0 Å². The predicted molar refractivity (Wildman–Crippen MR) is 38.3 cm³/mol. The highest BCUT2D eigenvalue weighted by molar-refractivity contribution is 5.26. The van der Waals surface area contributed by atoms with Crippen LogP contribution < -0.4 is 5.73 Å². The monoisotopic (exact) mass is 122 g/mol. The van der Waals surface area contributed by atoms with Crippen LogP contribution in [0.1, 0.15) is 0 Å². The molecular weight excluding hydrogens is 112 g/mol. The zero-order valence-electron chi connectivity index (χ0n) is 5.41. The number of hydrogen-bond acceptors (Lipinski definition) is 2. The Morgan fingerprint density at radius 3 is 2.78 bits per heavy atom. The molecule has 1 heterocycles. The topological polar surface area (TPSA) is 29.3 Å². The predicted octanol–water partition coefficient (Wildman–Crippen LogP) is 0.802. The van der Waals surface area contributed by atoms with Gasteiger partial charge in [-0.25, -0.2) is 0 Å². The molecule has 0 aromatic carbocycles. The Labute approximate surface area is 55.0 Å². The molecular formula is C7H10N2. The highest BCUT2D eigenvalue weighted by Gasteiger charge is 1.96. The summed E-state index contributed by atoms with van der Waals surface area (Å²) < 4.78 is 0. The fourth-order valence-electron chi connectivity index (χ4n) is 0.710. The van der Waals surface area contributed by atoms with Crippen LogP contribution in [0.5, 0.6) is 0 Å². The highest BCUT2D eigenvalue weighted by Crippen LogP contribution is 2.06. The second-order valence-electron chi connectivity index (χ2n) is 1.90. The number of allylic oxidation sites excluding steroid dienone is 3. The minimum absolute atomic E-state index is 1.03. The van der Waals surface area contributed by atoms with Gasteiger partial charge in [0.2, 0.25) is 0 Å². The van der Waals surface area contributed by atoms with Gasteiger partial charge in [0.1, 0.15) is 0 Å². The first-order chi connectivity index (χ1) is 4.34. The van der Waals surface area contributed by atoms with E-state index in [-0.39, 0.29) is 0 Å². The van der Waals surface area contributed by atoms with Gasteiger partial charge in [0.05, 0.1) is 5.70 Å². The Kier molecular flexibility index (Phi) is 1.58. The Morgan fingerprint density at radius 2 is 2.33 bits per heavy atom. The third kappa shape index (κ3) is 1.13. The molecule has 0 aromatic rings. The van der Waals surface area contributed by atoms with E-state index in [0.29, 0.717) is 0 Å². The average molecular weight is 122 g/mol. The lowest BCUT2D eigenvalue weighted by molar-refractivity contribution is 0.582. The van der Waals surface area contributed by atoms with Crippen LogP contribution in [0.25, 0.3) is 0 Å². The summed E-state index contributed by atoms with van der Waals surface area (Å²) in [6, 6.07) is 0. The zero-order valence-corrected chi connectivity index (χ0v) is 5.41. The van der Waals surface area contributed by atoms with Crippen LogP contribution in [0.15, 0.2) is 36.3 Å². The number of nitrogens with zero attached hydrogens (tertiary/aromatic N) is 1. The summed E-state index contributed by atoms with van der Waals surface area (Å²) in [5, 5.41) is 0. The van der Waals surface area contributed by atoms with E-state index in [2.05, 4.69) is 0 Å². The minimum Gasteiger partial charge on any atom is -0.403 e. The SMILES string of the molecule is CN1C=CC=C/C1=C/N. The molecule has 0 bridgehead atoms. The average Bonchev–Trinajstić information content (AvgIpc) is 1.89. The van der Waals surface area contributed by atoms with Gasteiger partial charge >= 0.3 is 0 Å². The molecule has 1 rings (SSSR count). The first-order valence-electron chi connectivity index (χ1n) is 2.84. The molecule has 0 aromatic heterocycles.